The molecule has 0 aliphatic heterocycles. The highest BCUT2D eigenvalue weighted by molar-refractivity contribution is 5.87. The second-order valence-electron chi connectivity index (χ2n) is 5.39. The Hall–Kier alpha value is -3.87. The molecule has 27 heavy (non-hydrogen) atoms. The van der Waals surface area contributed by atoms with Crippen LogP contribution in [0.4, 0.5) is 15.9 Å². The molecule has 10 heteroatoms. The van der Waals surface area contributed by atoms with Crippen LogP contribution in [0.1, 0.15) is 11.1 Å². The van der Waals surface area contributed by atoms with E-state index in [1.807, 2.05) is 6.07 Å². The molecule has 3 aromatic heterocycles. The number of ether oxygens (including phenoxy) is 1. The van der Waals surface area contributed by atoms with Gasteiger partial charge in [-0.1, -0.05) is 0 Å². The van der Waals surface area contributed by atoms with E-state index in [4.69, 9.17) is 15.7 Å². The SMILES string of the molecule is CN=C(N)OCCc1cc(Nc2ncnc3cc(C#N)cnc23)cnc1F. The summed E-state index contributed by atoms with van der Waals surface area (Å²) in [5.41, 5.74) is 7.72. The molecule has 0 aliphatic carbocycles. The fourth-order valence-electron chi connectivity index (χ4n) is 2.30. The van der Waals surface area contributed by atoms with Crippen molar-refractivity contribution < 1.29 is 9.13 Å². The zero-order valence-corrected chi connectivity index (χ0v) is 14.3. The number of hydrogen-bond donors (Lipinski definition) is 2. The Bertz CT molecular complexity index is 1050. The molecule has 0 fully saturated rings. The highest BCUT2D eigenvalue weighted by Gasteiger charge is 2.10. The molecule has 136 valence electrons. The van der Waals surface area contributed by atoms with E-state index < -0.39 is 5.95 Å². The lowest BCUT2D eigenvalue weighted by Gasteiger charge is -2.10. The Labute approximate surface area is 153 Å². The number of anilines is 2. The summed E-state index contributed by atoms with van der Waals surface area (Å²) in [6, 6.07) is 5.26. The molecule has 3 heterocycles. The molecule has 0 bridgehead atoms. The number of nitrogens with two attached hydrogens (primary N) is 1. The summed E-state index contributed by atoms with van der Waals surface area (Å²) in [5, 5.41) is 12.0. The van der Waals surface area contributed by atoms with Crippen molar-refractivity contribution in [3.63, 3.8) is 0 Å². The number of amidine groups is 1. The maximum Gasteiger partial charge on any atom is 0.281 e. The molecule has 0 atom stereocenters. The van der Waals surface area contributed by atoms with Crippen LogP contribution in [0.5, 0.6) is 0 Å². The molecule has 3 aromatic rings. The van der Waals surface area contributed by atoms with E-state index in [9.17, 15) is 4.39 Å². The number of nitriles is 1. The summed E-state index contributed by atoms with van der Waals surface area (Å²) < 4.78 is 19.1. The maximum absolute atomic E-state index is 13.9. The lowest BCUT2D eigenvalue weighted by atomic mass is 10.2. The van der Waals surface area contributed by atoms with Gasteiger partial charge in [-0.05, 0) is 12.1 Å². The minimum atomic E-state index is -0.597. The molecular weight excluding hydrogens is 351 g/mol. The van der Waals surface area contributed by atoms with Crippen LogP contribution < -0.4 is 11.1 Å². The number of nitrogens with one attached hydrogen (secondary N) is 1. The zero-order chi connectivity index (χ0) is 19.2. The van der Waals surface area contributed by atoms with Gasteiger partial charge in [0.2, 0.25) is 5.95 Å². The van der Waals surface area contributed by atoms with Crippen molar-refractivity contribution in [3.05, 3.63) is 47.9 Å². The minimum Gasteiger partial charge on any atom is -0.465 e. The molecule has 3 rings (SSSR count). The first kappa shape index (κ1) is 17.9. The first-order chi connectivity index (χ1) is 13.1. The van der Waals surface area contributed by atoms with Crippen molar-refractivity contribution in [1.82, 2.24) is 19.9 Å². The lowest BCUT2D eigenvalue weighted by molar-refractivity contribution is 0.301. The Morgan fingerprint density at radius 2 is 2.15 bits per heavy atom. The van der Waals surface area contributed by atoms with Crippen molar-refractivity contribution in [2.75, 3.05) is 19.0 Å². The van der Waals surface area contributed by atoms with Gasteiger partial charge in [0.25, 0.3) is 6.02 Å². The highest BCUT2D eigenvalue weighted by atomic mass is 19.1. The zero-order valence-electron chi connectivity index (χ0n) is 14.3. The van der Waals surface area contributed by atoms with E-state index in [1.54, 1.807) is 12.1 Å². The summed E-state index contributed by atoms with van der Waals surface area (Å²) in [4.78, 5) is 19.9. The molecule has 0 aromatic carbocycles. The molecule has 0 saturated heterocycles. The van der Waals surface area contributed by atoms with E-state index in [-0.39, 0.29) is 19.0 Å². The Morgan fingerprint density at radius 3 is 2.93 bits per heavy atom. The van der Waals surface area contributed by atoms with Gasteiger partial charge in [-0.15, -0.1) is 0 Å². The Kier molecular flexibility index (Phi) is 5.32. The van der Waals surface area contributed by atoms with Gasteiger partial charge in [0.05, 0.1) is 29.6 Å². The molecule has 0 spiro atoms. The van der Waals surface area contributed by atoms with Crippen molar-refractivity contribution >= 4 is 28.6 Å². The number of fused-ring (bicyclic) bond motifs is 1. The van der Waals surface area contributed by atoms with Gasteiger partial charge in [0, 0.05) is 25.2 Å². The second-order valence-corrected chi connectivity index (χ2v) is 5.39. The number of hydrogen-bond acceptors (Lipinski definition) is 8. The van der Waals surface area contributed by atoms with E-state index in [0.29, 0.717) is 33.7 Å². The monoisotopic (exact) mass is 366 g/mol. The summed E-state index contributed by atoms with van der Waals surface area (Å²) in [6.45, 7) is 0.167. The number of nitrogens with zero attached hydrogens (tertiary/aromatic N) is 6. The van der Waals surface area contributed by atoms with Gasteiger partial charge in [-0.25, -0.2) is 24.9 Å². The average molecular weight is 366 g/mol. The van der Waals surface area contributed by atoms with Crippen molar-refractivity contribution in [2.24, 2.45) is 10.7 Å². The first-order valence-electron chi connectivity index (χ1n) is 7.88. The van der Waals surface area contributed by atoms with Crippen LogP contribution in [-0.4, -0.2) is 39.6 Å². The molecule has 9 nitrogen and oxygen atoms in total. The molecule has 0 radical (unpaired) electrons. The standard InChI is InChI=1S/C17H15FN8O/c1-21-17(20)27-3-2-11-5-12(8-23-15(11)18)26-16-14-13(24-9-25-16)4-10(6-19)7-22-14/h4-5,7-9H,2-3H2,1H3,(H2,20,21)(H,24,25,26). The fourth-order valence-corrected chi connectivity index (χ4v) is 2.30. The van der Waals surface area contributed by atoms with Crippen molar-refractivity contribution in [1.29, 1.82) is 5.26 Å². The smallest absolute Gasteiger partial charge is 0.281 e. The third-order valence-corrected chi connectivity index (χ3v) is 3.62. The maximum atomic E-state index is 13.9. The number of halogens is 1. The largest absolute Gasteiger partial charge is 0.465 e. The summed E-state index contributed by atoms with van der Waals surface area (Å²) >= 11 is 0. The topological polar surface area (TPSA) is 135 Å². The summed E-state index contributed by atoms with van der Waals surface area (Å²) in [6.07, 6.45) is 4.40. The van der Waals surface area contributed by atoms with Gasteiger partial charge < -0.3 is 15.8 Å². The number of aliphatic imine (C=N–C) groups is 1. The minimum absolute atomic E-state index is 0.0351. The normalized spacial score (nSPS) is 11.2. The predicted molar refractivity (Wildman–Crippen MR) is 96.7 cm³/mol. The van der Waals surface area contributed by atoms with Crippen LogP contribution in [0.15, 0.2) is 35.8 Å². The van der Waals surface area contributed by atoms with Gasteiger partial charge in [-0.3, -0.25) is 0 Å². The van der Waals surface area contributed by atoms with Crippen LogP contribution >= 0.6 is 0 Å². The van der Waals surface area contributed by atoms with Crippen LogP contribution in [0, 0.1) is 17.3 Å². The molecule has 3 N–H and O–H groups in total. The quantitative estimate of drug-likeness (QED) is 0.395. The van der Waals surface area contributed by atoms with Gasteiger partial charge >= 0.3 is 0 Å². The molecular formula is C17H15FN8O. The van der Waals surface area contributed by atoms with E-state index in [1.165, 1.54) is 25.8 Å². The van der Waals surface area contributed by atoms with Crippen molar-refractivity contribution in [2.45, 2.75) is 6.42 Å². The van der Waals surface area contributed by atoms with Gasteiger partial charge in [0.1, 0.15) is 17.9 Å². The summed E-state index contributed by atoms with van der Waals surface area (Å²) in [5.74, 6) is -0.178. The highest BCUT2D eigenvalue weighted by Crippen LogP contribution is 2.22. The fraction of sp³-hybridized carbons (Fsp3) is 0.176. The third-order valence-electron chi connectivity index (χ3n) is 3.62. The van der Waals surface area contributed by atoms with Gasteiger partial charge in [-0.2, -0.15) is 9.65 Å². The van der Waals surface area contributed by atoms with Crippen LogP contribution in [0.2, 0.25) is 0 Å². The molecule has 0 aliphatic rings. The third kappa shape index (κ3) is 4.21. The van der Waals surface area contributed by atoms with E-state index >= 15 is 0 Å². The number of pyridine rings is 2. The number of aromatic nitrogens is 4. The molecule has 0 unspecified atom stereocenters. The molecule has 0 amide bonds. The van der Waals surface area contributed by atoms with Gasteiger partial charge in [0.15, 0.2) is 5.82 Å². The van der Waals surface area contributed by atoms with Crippen LogP contribution in [-0.2, 0) is 11.2 Å². The predicted octanol–water partition coefficient (Wildman–Crippen LogP) is 1.68. The average Bonchev–Trinajstić information content (AvgIpc) is 2.69. The van der Waals surface area contributed by atoms with Crippen LogP contribution in [0.3, 0.4) is 0 Å². The first-order valence-corrected chi connectivity index (χ1v) is 7.88. The lowest BCUT2D eigenvalue weighted by Crippen LogP contribution is -2.17. The molecule has 0 saturated carbocycles. The Balaban J connectivity index is 1.83. The van der Waals surface area contributed by atoms with E-state index in [2.05, 4.69) is 30.2 Å². The van der Waals surface area contributed by atoms with Crippen LogP contribution in [0.25, 0.3) is 11.0 Å². The second kappa shape index (κ2) is 8.01. The number of rotatable bonds is 5. The van der Waals surface area contributed by atoms with E-state index in [0.717, 1.165) is 0 Å². The Morgan fingerprint density at radius 1 is 1.30 bits per heavy atom. The summed E-state index contributed by atoms with van der Waals surface area (Å²) in [7, 11) is 1.50. The van der Waals surface area contributed by atoms with Crippen molar-refractivity contribution in [3.8, 4) is 6.07 Å².